The molecule has 0 aliphatic heterocycles. The predicted molar refractivity (Wildman–Crippen MR) is 66.2 cm³/mol. The van der Waals surface area contributed by atoms with Crippen LogP contribution in [0.4, 0.5) is 0 Å². The molecule has 0 fully saturated rings. The van der Waals surface area contributed by atoms with Crippen LogP contribution in [-0.2, 0) is 0 Å². The molecule has 0 amide bonds. The summed E-state index contributed by atoms with van der Waals surface area (Å²) >= 11 is 1.19. The Morgan fingerprint density at radius 2 is 2.18 bits per heavy atom. The number of benzene rings is 1. The van der Waals surface area contributed by atoms with Gasteiger partial charge in [0.05, 0.1) is 17.2 Å². The minimum atomic E-state index is -0.689. The topological polar surface area (TPSA) is 55.2 Å². The van der Waals surface area contributed by atoms with Crippen molar-refractivity contribution in [2.45, 2.75) is 26.1 Å². The summed E-state index contributed by atoms with van der Waals surface area (Å²) in [6, 6.07) is 7.44. The van der Waals surface area contributed by atoms with Crippen molar-refractivity contribution in [1.82, 2.24) is 9.59 Å². The Labute approximate surface area is 104 Å². The van der Waals surface area contributed by atoms with Gasteiger partial charge in [0.1, 0.15) is 11.9 Å². The fourth-order valence-corrected chi connectivity index (χ4v) is 2.01. The molecule has 5 heteroatoms. The van der Waals surface area contributed by atoms with Gasteiger partial charge in [-0.1, -0.05) is 16.6 Å². The lowest BCUT2D eigenvalue weighted by atomic mass is 10.1. The maximum atomic E-state index is 10.1. The zero-order chi connectivity index (χ0) is 12.3. The molecule has 1 unspecified atom stereocenters. The second-order valence-electron chi connectivity index (χ2n) is 3.96. The molecule has 2 aromatic rings. The molecule has 0 spiro atoms. The Hall–Kier alpha value is -1.46. The van der Waals surface area contributed by atoms with Crippen molar-refractivity contribution in [2.75, 3.05) is 0 Å². The first-order valence-electron chi connectivity index (χ1n) is 5.39. The number of rotatable bonds is 4. The quantitative estimate of drug-likeness (QED) is 0.905. The van der Waals surface area contributed by atoms with Crippen LogP contribution >= 0.6 is 11.5 Å². The summed E-state index contributed by atoms with van der Waals surface area (Å²) < 4.78 is 9.32. The molecule has 0 radical (unpaired) electrons. The lowest BCUT2D eigenvalue weighted by Gasteiger charge is -2.13. The van der Waals surface area contributed by atoms with Gasteiger partial charge in [0.25, 0.3) is 0 Å². The van der Waals surface area contributed by atoms with Crippen LogP contribution in [0.25, 0.3) is 0 Å². The Kier molecular flexibility index (Phi) is 3.71. The Morgan fingerprint density at radius 1 is 1.35 bits per heavy atom. The number of aromatic nitrogens is 2. The summed E-state index contributed by atoms with van der Waals surface area (Å²) in [6.45, 7) is 3.94. The van der Waals surface area contributed by atoms with Crippen molar-refractivity contribution in [1.29, 1.82) is 0 Å². The van der Waals surface area contributed by atoms with Gasteiger partial charge in [-0.05, 0) is 43.1 Å². The highest BCUT2D eigenvalue weighted by atomic mass is 32.1. The molecule has 1 atom stereocenters. The minimum Gasteiger partial charge on any atom is -0.491 e. The molecule has 1 aromatic carbocycles. The standard InChI is InChI=1S/C12H14N2O2S/c1-8(2)16-10-5-3-4-9(6-10)12(15)11-7-13-14-17-11/h3-8,12,15H,1-2H3. The van der Waals surface area contributed by atoms with Gasteiger partial charge in [-0.25, -0.2) is 0 Å². The van der Waals surface area contributed by atoms with Crippen molar-refractivity contribution in [3.8, 4) is 5.75 Å². The van der Waals surface area contributed by atoms with E-state index in [0.29, 0.717) is 0 Å². The average Bonchev–Trinajstić information content (AvgIpc) is 2.81. The van der Waals surface area contributed by atoms with Crippen molar-refractivity contribution < 1.29 is 9.84 Å². The molecular weight excluding hydrogens is 236 g/mol. The lowest BCUT2D eigenvalue weighted by Crippen LogP contribution is -2.06. The monoisotopic (exact) mass is 250 g/mol. The van der Waals surface area contributed by atoms with E-state index in [1.54, 1.807) is 6.20 Å². The van der Waals surface area contributed by atoms with E-state index in [2.05, 4.69) is 9.59 Å². The number of hydrogen-bond donors (Lipinski definition) is 1. The Balaban J connectivity index is 2.21. The molecule has 1 N–H and O–H groups in total. The number of aliphatic hydroxyl groups is 1. The number of aliphatic hydroxyl groups excluding tert-OH is 1. The van der Waals surface area contributed by atoms with Crippen molar-refractivity contribution in [2.24, 2.45) is 0 Å². The molecule has 0 aliphatic rings. The second kappa shape index (κ2) is 5.25. The van der Waals surface area contributed by atoms with Crippen LogP contribution in [-0.4, -0.2) is 20.8 Å². The summed E-state index contributed by atoms with van der Waals surface area (Å²) in [5.41, 5.74) is 0.786. The summed E-state index contributed by atoms with van der Waals surface area (Å²) in [7, 11) is 0. The third-order valence-corrected chi connectivity index (χ3v) is 2.91. The van der Waals surface area contributed by atoms with Crippen molar-refractivity contribution in [3.63, 3.8) is 0 Å². The van der Waals surface area contributed by atoms with Gasteiger partial charge >= 0.3 is 0 Å². The van der Waals surface area contributed by atoms with Gasteiger partial charge in [0.2, 0.25) is 0 Å². The largest absolute Gasteiger partial charge is 0.491 e. The van der Waals surface area contributed by atoms with E-state index in [-0.39, 0.29) is 6.10 Å². The van der Waals surface area contributed by atoms with Crippen molar-refractivity contribution in [3.05, 3.63) is 40.9 Å². The molecular formula is C12H14N2O2S. The summed E-state index contributed by atoms with van der Waals surface area (Å²) in [5, 5.41) is 13.8. The van der Waals surface area contributed by atoms with Crippen LogP contribution in [0.3, 0.4) is 0 Å². The summed E-state index contributed by atoms with van der Waals surface area (Å²) in [6.07, 6.45) is 1.00. The molecule has 17 heavy (non-hydrogen) atoms. The SMILES string of the molecule is CC(C)Oc1cccc(C(O)c2cnns2)c1. The maximum absolute atomic E-state index is 10.1. The van der Waals surface area contributed by atoms with E-state index in [1.807, 2.05) is 38.1 Å². The van der Waals surface area contributed by atoms with Gasteiger partial charge in [0.15, 0.2) is 0 Å². The molecule has 90 valence electrons. The van der Waals surface area contributed by atoms with Gasteiger partial charge in [-0.15, -0.1) is 5.10 Å². The molecule has 1 heterocycles. The first kappa shape index (κ1) is 12.0. The Morgan fingerprint density at radius 3 is 2.82 bits per heavy atom. The van der Waals surface area contributed by atoms with Crippen LogP contribution in [0.2, 0.25) is 0 Å². The Bertz CT molecular complexity index is 471. The zero-order valence-electron chi connectivity index (χ0n) is 9.70. The van der Waals surface area contributed by atoms with E-state index in [0.717, 1.165) is 16.2 Å². The first-order valence-corrected chi connectivity index (χ1v) is 6.16. The summed E-state index contributed by atoms with van der Waals surface area (Å²) in [5.74, 6) is 0.758. The van der Waals surface area contributed by atoms with E-state index in [4.69, 9.17) is 4.74 Å². The highest BCUT2D eigenvalue weighted by Crippen LogP contribution is 2.26. The molecule has 0 saturated carbocycles. The highest BCUT2D eigenvalue weighted by molar-refractivity contribution is 7.05. The minimum absolute atomic E-state index is 0.118. The summed E-state index contributed by atoms with van der Waals surface area (Å²) in [4.78, 5) is 0.728. The zero-order valence-corrected chi connectivity index (χ0v) is 10.5. The van der Waals surface area contributed by atoms with Gasteiger partial charge < -0.3 is 9.84 Å². The van der Waals surface area contributed by atoms with E-state index in [9.17, 15) is 5.11 Å². The molecule has 2 rings (SSSR count). The first-order chi connectivity index (χ1) is 8.16. The van der Waals surface area contributed by atoms with Gasteiger partial charge in [0, 0.05) is 0 Å². The van der Waals surface area contributed by atoms with Crippen LogP contribution in [0.5, 0.6) is 5.75 Å². The fourth-order valence-electron chi connectivity index (χ4n) is 1.49. The third-order valence-electron chi connectivity index (χ3n) is 2.19. The van der Waals surface area contributed by atoms with Crippen LogP contribution in [0.15, 0.2) is 30.5 Å². The van der Waals surface area contributed by atoms with E-state index in [1.165, 1.54) is 11.5 Å². The molecule has 4 nitrogen and oxygen atoms in total. The van der Waals surface area contributed by atoms with Gasteiger partial charge in [-0.2, -0.15) is 0 Å². The second-order valence-corrected chi connectivity index (χ2v) is 4.78. The normalized spacial score (nSPS) is 12.7. The fraction of sp³-hybridized carbons (Fsp3) is 0.333. The number of hydrogen-bond acceptors (Lipinski definition) is 5. The molecule has 0 saturated heterocycles. The molecule has 0 aliphatic carbocycles. The highest BCUT2D eigenvalue weighted by Gasteiger charge is 2.13. The molecule has 1 aromatic heterocycles. The smallest absolute Gasteiger partial charge is 0.120 e. The van der Waals surface area contributed by atoms with E-state index >= 15 is 0 Å². The van der Waals surface area contributed by atoms with E-state index < -0.39 is 6.10 Å². The maximum Gasteiger partial charge on any atom is 0.120 e. The van der Waals surface area contributed by atoms with Crippen LogP contribution < -0.4 is 4.74 Å². The third kappa shape index (κ3) is 3.01. The predicted octanol–water partition coefficient (Wildman–Crippen LogP) is 2.41. The average molecular weight is 250 g/mol. The van der Waals surface area contributed by atoms with Crippen molar-refractivity contribution >= 4 is 11.5 Å². The lowest BCUT2D eigenvalue weighted by molar-refractivity contribution is 0.219. The number of ether oxygens (including phenoxy) is 1. The van der Waals surface area contributed by atoms with Crippen LogP contribution in [0, 0.1) is 0 Å². The number of nitrogens with zero attached hydrogens (tertiary/aromatic N) is 2. The van der Waals surface area contributed by atoms with Gasteiger partial charge in [-0.3, -0.25) is 0 Å². The molecule has 0 bridgehead atoms. The van der Waals surface area contributed by atoms with Crippen LogP contribution in [0.1, 0.15) is 30.4 Å².